The second-order valence-corrected chi connectivity index (χ2v) is 7.24. The Hall–Kier alpha value is -2.48. The van der Waals surface area contributed by atoms with Crippen LogP contribution >= 0.6 is 11.8 Å². The predicted octanol–water partition coefficient (Wildman–Crippen LogP) is 5.83. The van der Waals surface area contributed by atoms with Crippen molar-refractivity contribution in [1.82, 2.24) is 10.2 Å². The summed E-state index contributed by atoms with van der Waals surface area (Å²) in [5, 5.41) is 8.09. The molecule has 0 aliphatic heterocycles. The predicted molar refractivity (Wildman–Crippen MR) is 95.5 cm³/mol. The topological polar surface area (TPSA) is 48.2 Å². The number of thioether (sulfide) groups is 1. The molecule has 0 saturated carbocycles. The Morgan fingerprint density at radius 2 is 1.85 bits per heavy atom. The molecule has 0 saturated heterocycles. The molecule has 27 heavy (non-hydrogen) atoms. The SMILES string of the molecule is Cc1cccc(OCc2nnc(SC(C)c3ccc(C(F)(F)F)cc3)o2)c1. The van der Waals surface area contributed by atoms with Gasteiger partial charge in [-0.15, -0.1) is 10.2 Å². The number of halogens is 3. The van der Waals surface area contributed by atoms with Crippen molar-refractivity contribution in [2.75, 3.05) is 0 Å². The van der Waals surface area contributed by atoms with E-state index >= 15 is 0 Å². The zero-order valence-electron chi connectivity index (χ0n) is 14.7. The molecule has 1 atom stereocenters. The third kappa shape index (κ3) is 5.26. The number of hydrogen-bond acceptors (Lipinski definition) is 5. The van der Waals surface area contributed by atoms with Crippen molar-refractivity contribution in [3.05, 3.63) is 71.1 Å². The van der Waals surface area contributed by atoms with Crippen molar-refractivity contribution in [2.45, 2.75) is 37.1 Å². The molecular formula is C19H17F3N2O2S. The molecule has 0 radical (unpaired) electrons. The Morgan fingerprint density at radius 3 is 2.52 bits per heavy atom. The van der Waals surface area contributed by atoms with Crippen molar-refractivity contribution in [2.24, 2.45) is 0 Å². The summed E-state index contributed by atoms with van der Waals surface area (Å²) in [7, 11) is 0. The number of nitrogens with zero attached hydrogens (tertiary/aromatic N) is 2. The lowest BCUT2D eigenvalue weighted by Gasteiger charge is -2.11. The van der Waals surface area contributed by atoms with E-state index in [1.165, 1.54) is 23.9 Å². The maximum absolute atomic E-state index is 12.6. The molecular weight excluding hydrogens is 377 g/mol. The highest BCUT2D eigenvalue weighted by Crippen LogP contribution is 2.36. The van der Waals surface area contributed by atoms with E-state index in [1.54, 1.807) is 0 Å². The van der Waals surface area contributed by atoms with E-state index in [1.807, 2.05) is 38.1 Å². The summed E-state index contributed by atoms with van der Waals surface area (Å²) in [6.45, 7) is 3.98. The van der Waals surface area contributed by atoms with Crippen LogP contribution in [0.25, 0.3) is 0 Å². The van der Waals surface area contributed by atoms with E-state index in [4.69, 9.17) is 9.15 Å². The third-order valence-electron chi connectivity index (χ3n) is 3.79. The maximum Gasteiger partial charge on any atom is 0.416 e. The number of rotatable bonds is 6. The van der Waals surface area contributed by atoms with Gasteiger partial charge in [0.1, 0.15) is 5.75 Å². The molecule has 3 aromatic rings. The van der Waals surface area contributed by atoms with Crippen molar-refractivity contribution in [3.8, 4) is 5.75 Å². The van der Waals surface area contributed by atoms with Crippen LogP contribution in [0.2, 0.25) is 0 Å². The molecule has 142 valence electrons. The number of aromatic nitrogens is 2. The standard InChI is InChI=1S/C19H17F3N2O2S/c1-12-4-3-5-16(10-12)25-11-17-23-24-18(26-17)27-13(2)14-6-8-15(9-7-14)19(20,21)22/h3-10,13H,11H2,1-2H3. The first-order valence-corrected chi connectivity index (χ1v) is 9.05. The van der Waals surface area contributed by atoms with Crippen LogP contribution in [0, 0.1) is 6.92 Å². The van der Waals surface area contributed by atoms with Gasteiger partial charge < -0.3 is 9.15 Å². The number of alkyl halides is 3. The summed E-state index contributed by atoms with van der Waals surface area (Å²) in [6, 6.07) is 12.7. The number of hydrogen-bond donors (Lipinski definition) is 0. The quantitative estimate of drug-likeness (QED) is 0.492. The minimum absolute atomic E-state index is 0.140. The van der Waals surface area contributed by atoms with Crippen LogP contribution in [-0.2, 0) is 12.8 Å². The summed E-state index contributed by atoms with van der Waals surface area (Å²) < 4.78 is 49.1. The van der Waals surface area contributed by atoms with Crippen molar-refractivity contribution in [3.63, 3.8) is 0 Å². The van der Waals surface area contributed by atoms with E-state index in [-0.39, 0.29) is 11.9 Å². The minimum atomic E-state index is -4.34. The molecule has 0 aliphatic rings. The van der Waals surface area contributed by atoms with Crippen LogP contribution in [0.15, 0.2) is 58.2 Å². The Balaban J connectivity index is 1.58. The van der Waals surface area contributed by atoms with Gasteiger partial charge in [0.25, 0.3) is 11.1 Å². The number of aryl methyl sites for hydroxylation is 1. The molecule has 1 aromatic heterocycles. The Kier molecular flexibility index (Phi) is 5.74. The Morgan fingerprint density at radius 1 is 1.11 bits per heavy atom. The second-order valence-electron chi connectivity index (χ2n) is 5.95. The van der Waals surface area contributed by atoms with E-state index in [9.17, 15) is 13.2 Å². The lowest BCUT2D eigenvalue weighted by atomic mass is 10.1. The van der Waals surface area contributed by atoms with Crippen LogP contribution in [0.3, 0.4) is 0 Å². The van der Waals surface area contributed by atoms with Crippen LogP contribution < -0.4 is 4.74 Å². The molecule has 2 aromatic carbocycles. The molecule has 0 spiro atoms. The van der Waals surface area contributed by atoms with Crippen LogP contribution in [0.1, 0.15) is 34.8 Å². The van der Waals surface area contributed by atoms with Gasteiger partial charge >= 0.3 is 6.18 Å². The van der Waals surface area contributed by atoms with Gasteiger partial charge in [0, 0.05) is 5.25 Å². The van der Waals surface area contributed by atoms with Gasteiger partial charge in [0.05, 0.1) is 5.56 Å². The van der Waals surface area contributed by atoms with Crippen LogP contribution in [0.4, 0.5) is 13.2 Å². The number of benzene rings is 2. The van der Waals surface area contributed by atoms with Gasteiger partial charge in [0.15, 0.2) is 6.61 Å². The van der Waals surface area contributed by atoms with E-state index < -0.39 is 11.7 Å². The summed E-state index contributed by atoms with van der Waals surface area (Å²) in [6.07, 6.45) is -4.34. The fourth-order valence-electron chi connectivity index (χ4n) is 2.36. The van der Waals surface area contributed by atoms with Gasteiger partial charge in [0.2, 0.25) is 0 Å². The molecule has 0 bridgehead atoms. The molecule has 0 amide bonds. The van der Waals surface area contributed by atoms with E-state index in [2.05, 4.69) is 10.2 Å². The third-order valence-corrected chi connectivity index (χ3v) is 4.78. The lowest BCUT2D eigenvalue weighted by Crippen LogP contribution is -2.04. The van der Waals surface area contributed by atoms with Gasteiger partial charge in [-0.2, -0.15) is 13.2 Å². The monoisotopic (exact) mass is 394 g/mol. The Labute approximate surface area is 158 Å². The van der Waals surface area contributed by atoms with Gasteiger partial charge in [-0.3, -0.25) is 0 Å². The van der Waals surface area contributed by atoms with Gasteiger partial charge in [-0.05, 0) is 49.2 Å². The zero-order valence-corrected chi connectivity index (χ0v) is 15.5. The highest BCUT2D eigenvalue weighted by Gasteiger charge is 2.30. The molecule has 1 heterocycles. The second kappa shape index (κ2) is 8.04. The molecule has 8 heteroatoms. The van der Waals surface area contributed by atoms with Crippen molar-refractivity contribution in [1.29, 1.82) is 0 Å². The van der Waals surface area contributed by atoms with E-state index in [0.29, 0.717) is 16.9 Å². The molecule has 0 fully saturated rings. The fourth-order valence-corrected chi connectivity index (χ4v) is 3.18. The van der Waals surface area contributed by atoms with Gasteiger partial charge in [-0.25, -0.2) is 0 Å². The van der Waals surface area contributed by atoms with Crippen molar-refractivity contribution >= 4 is 11.8 Å². The maximum atomic E-state index is 12.6. The van der Waals surface area contributed by atoms with Crippen molar-refractivity contribution < 1.29 is 22.3 Å². The van der Waals surface area contributed by atoms with Crippen LogP contribution in [-0.4, -0.2) is 10.2 Å². The zero-order chi connectivity index (χ0) is 19.4. The highest BCUT2D eigenvalue weighted by molar-refractivity contribution is 7.99. The minimum Gasteiger partial charge on any atom is -0.484 e. The summed E-state index contributed by atoms with van der Waals surface area (Å²) in [5.74, 6) is 1.04. The number of ether oxygens (including phenoxy) is 1. The first-order chi connectivity index (χ1) is 12.8. The van der Waals surface area contributed by atoms with Gasteiger partial charge in [-0.1, -0.05) is 36.0 Å². The molecule has 0 aliphatic carbocycles. The Bertz CT molecular complexity index is 894. The first kappa shape index (κ1) is 19.3. The molecule has 4 nitrogen and oxygen atoms in total. The molecule has 1 unspecified atom stereocenters. The smallest absolute Gasteiger partial charge is 0.416 e. The fraction of sp³-hybridized carbons (Fsp3) is 0.263. The van der Waals surface area contributed by atoms with E-state index in [0.717, 1.165) is 23.3 Å². The average Bonchev–Trinajstić information content (AvgIpc) is 3.07. The summed E-state index contributed by atoms with van der Waals surface area (Å²) >= 11 is 1.28. The van der Waals surface area contributed by atoms with Crippen LogP contribution in [0.5, 0.6) is 5.75 Å². The molecule has 3 rings (SSSR count). The summed E-state index contributed by atoms with van der Waals surface area (Å²) in [4.78, 5) is 0. The first-order valence-electron chi connectivity index (χ1n) is 8.17. The normalized spacial score (nSPS) is 12.8. The highest BCUT2D eigenvalue weighted by atomic mass is 32.2. The summed E-state index contributed by atoms with van der Waals surface area (Å²) in [5.41, 5.74) is 1.15. The average molecular weight is 394 g/mol. The largest absolute Gasteiger partial charge is 0.484 e. The lowest BCUT2D eigenvalue weighted by molar-refractivity contribution is -0.137. The molecule has 0 N–H and O–H groups in total.